The number of likely N-dealkylation sites (N-methyl/N-ethyl adjacent to an activating group) is 1. The minimum atomic E-state index is -0.758. The molecule has 0 saturated heterocycles. The summed E-state index contributed by atoms with van der Waals surface area (Å²) < 4.78 is 4.48. The summed E-state index contributed by atoms with van der Waals surface area (Å²) in [4.78, 5) is 24.2. The standard InChI is InChI=1S/C12H16N2O3/c1-14(8-10(15)17-2)12(16)11(13)9-6-4-3-5-7-9/h3-7,11H,8,13H2,1-2H3. The number of carbonyl (C=O) groups excluding carboxylic acids is 2. The Morgan fingerprint density at radius 2 is 1.94 bits per heavy atom. The molecule has 0 aromatic heterocycles. The van der Waals surface area contributed by atoms with Crippen molar-refractivity contribution in [2.45, 2.75) is 6.04 Å². The molecule has 0 radical (unpaired) electrons. The first kappa shape index (κ1) is 13.2. The van der Waals surface area contributed by atoms with E-state index in [4.69, 9.17) is 5.73 Å². The van der Waals surface area contributed by atoms with Crippen molar-refractivity contribution in [2.75, 3.05) is 20.7 Å². The maximum Gasteiger partial charge on any atom is 0.325 e. The van der Waals surface area contributed by atoms with Gasteiger partial charge in [-0.25, -0.2) is 0 Å². The molecule has 0 heterocycles. The molecule has 0 bridgehead atoms. The molecule has 17 heavy (non-hydrogen) atoms. The van der Waals surface area contributed by atoms with Crippen LogP contribution in [-0.2, 0) is 14.3 Å². The summed E-state index contributed by atoms with van der Waals surface area (Å²) in [5.41, 5.74) is 6.53. The molecule has 5 heteroatoms. The van der Waals surface area contributed by atoms with Crippen LogP contribution in [0.4, 0.5) is 0 Å². The lowest BCUT2D eigenvalue weighted by Gasteiger charge is -2.20. The molecule has 1 aromatic rings. The molecule has 1 atom stereocenters. The van der Waals surface area contributed by atoms with Gasteiger partial charge in [-0.3, -0.25) is 9.59 Å². The number of amides is 1. The van der Waals surface area contributed by atoms with Crippen LogP contribution in [0.25, 0.3) is 0 Å². The van der Waals surface area contributed by atoms with Crippen LogP contribution in [-0.4, -0.2) is 37.5 Å². The predicted octanol–water partition coefficient (Wildman–Crippen LogP) is 0.318. The van der Waals surface area contributed by atoms with Gasteiger partial charge in [0.25, 0.3) is 0 Å². The lowest BCUT2D eigenvalue weighted by Crippen LogP contribution is -2.39. The lowest BCUT2D eigenvalue weighted by atomic mass is 10.1. The Hall–Kier alpha value is -1.88. The van der Waals surface area contributed by atoms with E-state index in [-0.39, 0.29) is 12.5 Å². The molecule has 1 rings (SSSR count). The van der Waals surface area contributed by atoms with Gasteiger partial charge in [0.15, 0.2) is 0 Å². The minimum absolute atomic E-state index is 0.101. The number of ether oxygens (including phenoxy) is 1. The third-order valence-corrected chi connectivity index (χ3v) is 2.39. The zero-order valence-electron chi connectivity index (χ0n) is 9.92. The molecule has 1 amide bonds. The molecule has 0 spiro atoms. The minimum Gasteiger partial charge on any atom is -0.468 e. The Labute approximate surface area is 100 Å². The first-order chi connectivity index (χ1) is 8.06. The lowest BCUT2D eigenvalue weighted by molar-refractivity contribution is -0.146. The van der Waals surface area contributed by atoms with Gasteiger partial charge in [0.2, 0.25) is 5.91 Å². The second kappa shape index (κ2) is 6.00. The number of hydrogen-bond donors (Lipinski definition) is 1. The van der Waals surface area contributed by atoms with Crippen molar-refractivity contribution < 1.29 is 14.3 Å². The highest BCUT2D eigenvalue weighted by atomic mass is 16.5. The van der Waals surface area contributed by atoms with Gasteiger partial charge in [-0.15, -0.1) is 0 Å². The van der Waals surface area contributed by atoms with Crippen LogP contribution in [0.15, 0.2) is 30.3 Å². The highest BCUT2D eigenvalue weighted by molar-refractivity contribution is 5.86. The van der Waals surface area contributed by atoms with Gasteiger partial charge in [-0.1, -0.05) is 30.3 Å². The Morgan fingerprint density at radius 1 is 1.35 bits per heavy atom. The van der Waals surface area contributed by atoms with Gasteiger partial charge in [0.05, 0.1) is 7.11 Å². The van der Waals surface area contributed by atoms with Crippen LogP contribution in [0.3, 0.4) is 0 Å². The molecule has 5 nitrogen and oxygen atoms in total. The first-order valence-electron chi connectivity index (χ1n) is 5.18. The highest BCUT2D eigenvalue weighted by Crippen LogP contribution is 2.11. The van der Waals surface area contributed by atoms with E-state index in [1.165, 1.54) is 19.1 Å². The monoisotopic (exact) mass is 236 g/mol. The zero-order chi connectivity index (χ0) is 12.8. The molecule has 1 aromatic carbocycles. The van der Waals surface area contributed by atoms with Gasteiger partial charge in [-0.2, -0.15) is 0 Å². The van der Waals surface area contributed by atoms with E-state index < -0.39 is 12.0 Å². The Kier molecular flexibility index (Phi) is 4.66. The number of rotatable bonds is 4. The van der Waals surface area contributed by atoms with Crippen LogP contribution < -0.4 is 5.73 Å². The number of esters is 1. The number of hydrogen-bond acceptors (Lipinski definition) is 4. The van der Waals surface area contributed by atoms with E-state index in [0.29, 0.717) is 5.56 Å². The number of methoxy groups -OCH3 is 1. The largest absolute Gasteiger partial charge is 0.468 e. The first-order valence-corrected chi connectivity index (χ1v) is 5.18. The van der Waals surface area contributed by atoms with Gasteiger partial charge in [0, 0.05) is 7.05 Å². The Morgan fingerprint density at radius 3 is 2.47 bits per heavy atom. The molecular formula is C12H16N2O3. The van der Waals surface area contributed by atoms with Crippen molar-refractivity contribution in [3.05, 3.63) is 35.9 Å². The zero-order valence-corrected chi connectivity index (χ0v) is 9.92. The summed E-state index contributed by atoms with van der Waals surface area (Å²) in [5.74, 6) is -0.789. The van der Waals surface area contributed by atoms with E-state index in [1.807, 2.05) is 18.2 Å². The van der Waals surface area contributed by atoms with Crippen molar-refractivity contribution in [1.82, 2.24) is 4.90 Å². The normalized spacial score (nSPS) is 11.7. The van der Waals surface area contributed by atoms with Crippen molar-refractivity contribution in [1.29, 1.82) is 0 Å². The fourth-order valence-corrected chi connectivity index (χ4v) is 1.38. The smallest absolute Gasteiger partial charge is 0.325 e. The summed E-state index contributed by atoms with van der Waals surface area (Å²) >= 11 is 0. The van der Waals surface area contributed by atoms with E-state index >= 15 is 0 Å². The van der Waals surface area contributed by atoms with E-state index in [1.54, 1.807) is 12.1 Å². The highest BCUT2D eigenvalue weighted by Gasteiger charge is 2.21. The third-order valence-electron chi connectivity index (χ3n) is 2.39. The molecule has 0 aliphatic heterocycles. The van der Waals surface area contributed by atoms with Crippen molar-refractivity contribution in [2.24, 2.45) is 5.73 Å². The average molecular weight is 236 g/mol. The third kappa shape index (κ3) is 3.57. The molecular weight excluding hydrogens is 220 g/mol. The van der Waals surface area contributed by atoms with Crippen LogP contribution >= 0.6 is 0 Å². The van der Waals surface area contributed by atoms with Crippen LogP contribution in [0, 0.1) is 0 Å². The Balaban J connectivity index is 2.67. The Bertz CT molecular complexity index is 392. The van der Waals surface area contributed by atoms with E-state index in [0.717, 1.165) is 0 Å². The van der Waals surface area contributed by atoms with Crippen LogP contribution in [0.2, 0.25) is 0 Å². The summed E-state index contributed by atoms with van der Waals surface area (Å²) in [6.07, 6.45) is 0. The summed E-state index contributed by atoms with van der Waals surface area (Å²) in [6.45, 7) is -0.101. The summed E-state index contributed by atoms with van der Waals surface area (Å²) in [6, 6.07) is 8.25. The van der Waals surface area contributed by atoms with Gasteiger partial charge < -0.3 is 15.4 Å². The molecule has 92 valence electrons. The van der Waals surface area contributed by atoms with Crippen LogP contribution in [0.5, 0.6) is 0 Å². The van der Waals surface area contributed by atoms with Crippen LogP contribution in [0.1, 0.15) is 11.6 Å². The average Bonchev–Trinajstić information content (AvgIpc) is 2.37. The molecule has 2 N–H and O–H groups in total. The maximum absolute atomic E-state index is 11.9. The fourth-order valence-electron chi connectivity index (χ4n) is 1.38. The topological polar surface area (TPSA) is 72.6 Å². The molecule has 0 saturated carbocycles. The quantitative estimate of drug-likeness (QED) is 0.764. The number of benzene rings is 1. The molecule has 0 aliphatic carbocycles. The molecule has 0 fully saturated rings. The number of nitrogens with two attached hydrogens (primary N) is 1. The van der Waals surface area contributed by atoms with Crippen molar-refractivity contribution >= 4 is 11.9 Å². The summed E-state index contributed by atoms with van der Waals surface area (Å²) in [5, 5.41) is 0. The van der Waals surface area contributed by atoms with E-state index in [2.05, 4.69) is 4.74 Å². The van der Waals surface area contributed by atoms with Crippen molar-refractivity contribution in [3.8, 4) is 0 Å². The predicted molar refractivity (Wildman–Crippen MR) is 63.0 cm³/mol. The molecule has 1 unspecified atom stereocenters. The van der Waals surface area contributed by atoms with Gasteiger partial charge in [-0.05, 0) is 5.56 Å². The SMILES string of the molecule is COC(=O)CN(C)C(=O)C(N)c1ccccc1. The molecule has 0 aliphatic rings. The number of carbonyl (C=O) groups is 2. The van der Waals surface area contributed by atoms with Gasteiger partial charge in [0.1, 0.15) is 12.6 Å². The van der Waals surface area contributed by atoms with Crippen molar-refractivity contribution in [3.63, 3.8) is 0 Å². The summed E-state index contributed by atoms with van der Waals surface area (Å²) in [7, 11) is 2.79. The number of nitrogens with zero attached hydrogens (tertiary/aromatic N) is 1. The maximum atomic E-state index is 11.9. The second-order valence-electron chi connectivity index (χ2n) is 3.66. The fraction of sp³-hybridized carbons (Fsp3) is 0.333. The second-order valence-corrected chi connectivity index (χ2v) is 3.66. The van der Waals surface area contributed by atoms with Gasteiger partial charge >= 0.3 is 5.97 Å². The van der Waals surface area contributed by atoms with E-state index in [9.17, 15) is 9.59 Å².